The molecule has 2 aromatic heterocycles. The van der Waals surface area contributed by atoms with Gasteiger partial charge in [-0.2, -0.15) is 11.3 Å². The summed E-state index contributed by atoms with van der Waals surface area (Å²) in [7, 11) is 1.95. The van der Waals surface area contributed by atoms with E-state index >= 15 is 0 Å². The van der Waals surface area contributed by atoms with Crippen LogP contribution in [-0.4, -0.2) is 4.57 Å². The highest BCUT2D eigenvalue weighted by Gasteiger charge is 2.10. The summed E-state index contributed by atoms with van der Waals surface area (Å²) < 4.78 is 1.94. The fraction of sp³-hybridized carbons (Fsp3) is 0.0625. The summed E-state index contributed by atoms with van der Waals surface area (Å²) in [6.45, 7) is 0. The lowest BCUT2D eigenvalue weighted by atomic mass is 10.0. The molecule has 0 saturated carbocycles. The second kappa shape index (κ2) is 4.86. The van der Waals surface area contributed by atoms with Gasteiger partial charge in [0.15, 0.2) is 5.43 Å². The molecule has 0 aliphatic carbocycles. The number of hydrogen-bond donors (Lipinski definition) is 0. The maximum absolute atomic E-state index is 12.6. The van der Waals surface area contributed by atoms with Gasteiger partial charge in [-0.05, 0) is 28.0 Å². The van der Waals surface area contributed by atoms with Gasteiger partial charge in [-0.25, -0.2) is 0 Å². The van der Waals surface area contributed by atoms with Gasteiger partial charge in [-0.1, -0.05) is 30.3 Å². The van der Waals surface area contributed by atoms with Crippen molar-refractivity contribution in [2.45, 2.75) is 0 Å². The van der Waals surface area contributed by atoms with Crippen LogP contribution >= 0.6 is 11.3 Å². The molecule has 0 fully saturated rings. The molecule has 0 atom stereocenters. The smallest absolute Gasteiger partial charge is 0.197 e. The molecule has 0 radical (unpaired) electrons. The summed E-state index contributed by atoms with van der Waals surface area (Å²) in [5.41, 5.74) is 3.53. The topological polar surface area (TPSA) is 22.0 Å². The third kappa shape index (κ3) is 2.25. The van der Waals surface area contributed by atoms with Gasteiger partial charge < -0.3 is 4.57 Å². The monoisotopic (exact) mass is 267 g/mol. The molecule has 0 saturated heterocycles. The number of aromatic nitrogens is 1. The Morgan fingerprint density at radius 1 is 0.947 bits per heavy atom. The third-order valence-corrected chi connectivity index (χ3v) is 3.75. The van der Waals surface area contributed by atoms with Crippen LogP contribution in [0.15, 0.2) is 64.3 Å². The molecule has 0 bridgehead atoms. The van der Waals surface area contributed by atoms with Crippen molar-refractivity contribution >= 4 is 11.3 Å². The Hall–Kier alpha value is -2.13. The molecule has 2 heterocycles. The Labute approximate surface area is 115 Å². The average molecular weight is 267 g/mol. The zero-order valence-electron chi connectivity index (χ0n) is 10.5. The Morgan fingerprint density at radius 2 is 1.63 bits per heavy atom. The minimum absolute atomic E-state index is 0.0858. The van der Waals surface area contributed by atoms with Crippen molar-refractivity contribution in [1.82, 2.24) is 4.57 Å². The molecule has 3 aromatic rings. The molecule has 3 rings (SSSR count). The lowest BCUT2D eigenvalue weighted by molar-refractivity contribution is 0.905. The molecular weight excluding hydrogens is 254 g/mol. The zero-order valence-corrected chi connectivity index (χ0v) is 11.4. The minimum Gasteiger partial charge on any atom is -0.356 e. The predicted octanol–water partition coefficient (Wildman–Crippen LogP) is 3.78. The van der Waals surface area contributed by atoms with Gasteiger partial charge in [0.25, 0.3) is 0 Å². The second-order valence-corrected chi connectivity index (χ2v) is 5.24. The van der Waals surface area contributed by atoms with E-state index in [4.69, 9.17) is 0 Å². The standard InChI is InChI=1S/C16H13NOS/c1-17-9-14(12-5-3-2-4-6-12)16(18)15(10-17)13-7-8-19-11-13/h2-11H,1H3. The van der Waals surface area contributed by atoms with Crippen LogP contribution in [0.3, 0.4) is 0 Å². The molecule has 0 aliphatic rings. The zero-order chi connectivity index (χ0) is 13.2. The molecule has 3 heteroatoms. The molecule has 19 heavy (non-hydrogen) atoms. The van der Waals surface area contributed by atoms with Crippen molar-refractivity contribution in [2.24, 2.45) is 7.05 Å². The summed E-state index contributed by atoms with van der Waals surface area (Å²) in [6, 6.07) is 11.8. The fourth-order valence-corrected chi connectivity index (χ4v) is 2.81. The summed E-state index contributed by atoms with van der Waals surface area (Å²) in [4.78, 5) is 12.6. The van der Waals surface area contributed by atoms with Gasteiger partial charge in [-0.3, -0.25) is 4.79 Å². The van der Waals surface area contributed by atoms with Crippen LogP contribution in [0.25, 0.3) is 22.3 Å². The number of nitrogens with zero attached hydrogens (tertiary/aromatic N) is 1. The third-order valence-electron chi connectivity index (χ3n) is 3.07. The molecular formula is C16H13NOS. The van der Waals surface area contributed by atoms with Crippen molar-refractivity contribution in [3.05, 3.63) is 69.8 Å². The molecule has 0 unspecified atom stereocenters. The maximum atomic E-state index is 12.6. The van der Waals surface area contributed by atoms with E-state index in [1.54, 1.807) is 11.3 Å². The average Bonchev–Trinajstić information content (AvgIpc) is 2.96. The molecule has 0 N–H and O–H groups in total. The second-order valence-electron chi connectivity index (χ2n) is 4.46. The number of hydrogen-bond acceptors (Lipinski definition) is 2. The lowest BCUT2D eigenvalue weighted by Crippen LogP contribution is -2.11. The highest BCUT2D eigenvalue weighted by molar-refractivity contribution is 7.08. The van der Waals surface area contributed by atoms with Gasteiger partial charge in [0.05, 0.1) is 0 Å². The first-order chi connectivity index (χ1) is 9.25. The number of pyridine rings is 1. The van der Waals surface area contributed by atoms with E-state index in [9.17, 15) is 4.79 Å². The van der Waals surface area contributed by atoms with Gasteiger partial charge >= 0.3 is 0 Å². The number of aryl methyl sites for hydroxylation is 1. The molecule has 94 valence electrons. The molecule has 0 spiro atoms. The van der Waals surface area contributed by atoms with Crippen LogP contribution in [0.1, 0.15) is 0 Å². The summed E-state index contributed by atoms with van der Waals surface area (Å²) >= 11 is 1.60. The van der Waals surface area contributed by atoms with Crippen LogP contribution in [-0.2, 0) is 7.05 Å². The first-order valence-corrected chi connectivity index (χ1v) is 6.98. The number of rotatable bonds is 2. The lowest BCUT2D eigenvalue weighted by Gasteiger charge is -2.07. The Bertz CT molecular complexity index is 742. The van der Waals surface area contributed by atoms with Crippen molar-refractivity contribution in [3.8, 4) is 22.3 Å². The molecule has 0 amide bonds. The largest absolute Gasteiger partial charge is 0.356 e. The maximum Gasteiger partial charge on any atom is 0.197 e. The normalized spacial score (nSPS) is 10.6. The van der Waals surface area contributed by atoms with Crippen LogP contribution in [0.5, 0.6) is 0 Å². The van der Waals surface area contributed by atoms with Crippen molar-refractivity contribution in [1.29, 1.82) is 0 Å². The molecule has 0 aliphatic heterocycles. The number of thiophene rings is 1. The van der Waals surface area contributed by atoms with Crippen molar-refractivity contribution in [3.63, 3.8) is 0 Å². The van der Waals surface area contributed by atoms with E-state index in [0.717, 1.165) is 22.3 Å². The predicted molar refractivity (Wildman–Crippen MR) is 80.4 cm³/mol. The summed E-state index contributed by atoms with van der Waals surface area (Å²) in [6.07, 6.45) is 3.77. The highest BCUT2D eigenvalue weighted by Crippen LogP contribution is 2.22. The van der Waals surface area contributed by atoms with E-state index in [1.807, 2.05) is 71.2 Å². The number of benzene rings is 1. The van der Waals surface area contributed by atoms with E-state index < -0.39 is 0 Å². The summed E-state index contributed by atoms with van der Waals surface area (Å²) in [5, 5.41) is 4.00. The van der Waals surface area contributed by atoms with Gasteiger partial charge in [0.2, 0.25) is 0 Å². The van der Waals surface area contributed by atoms with E-state index in [0.29, 0.717) is 0 Å². The summed E-state index contributed by atoms with van der Waals surface area (Å²) in [5.74, 6) is 0. The van der Waals surface area contributed by atoms with Crippen LogP contribution in [0, 0.1) is 0 Å². The van der Waals surface area contributed by atoms with Crippen molar-refractivity contribution in [2.75, 3.05) is 0 Å². The minimum atomic E-state index is 0.0858. The quantitative estimate of drug-likeness (QED) is 0.692. The van der Waals surface area contributed by atoms with E-state index in [-0.39, 0.29) is 5.43 Å². The SMILES string of the molecule is Cn1cc(-c2ccccc2)c(=O)c(-c2ccsc2)c1. The Balaban J connectivity index is 2.26. The van der Waals surface area contributed by atoms with Crippen LogP contribution in [0.2, 0.25) is 0 Å². The van der Waals surface area contributed by atoms with Crippen molar-refractivity contribution < 1.29 is 0 Å². The van der Waals surface area contributed by atoms with Gasteiger partial charge in [0, 0.05) is 30.6 Å². The molecule has 2 nitrogen and oxygen atoms in total. The van der Waals surface area contributed by atoms with Crippen LogP contribution in [0.4, 0.5) is 0 Å². The fourth-order valence-electron chi connectivity index (χ4n) is 2.15. The Kier molecular flexibility index (Phi) is 3.05. The van der Waals surface area contributed by atoms with Crippen LogP contribution < -0.4 is 5.43 Å². The molecule has 1 aromatic carbocycles. The first-order valence-electron chi connectivity index (χ1n) is 6.04. The first kappa shape index (κ1) is 11.9. The Morgan fingerprint density at radius 3 is 2.26 bits per heavy atom. The van der Waals surface area contributed by atoms with Gasteiger partial charge in [-0.15, -0.1) is 0 Å². The highest BCUT2D eigenvalue weighted by atomic mass is 32.1. The van der Waals surface area contributed by atoms with Gasteiger partial charge in [0.1, 0.15) is 0 Å². The van der Waals surface area contributed by atoms with E-state index in [2.05, 4.69) is 0 Å². The van der Waals surface area contributed by atoms with E-state index in [1.165, 1.54) is 0 Å².